The highest BCUT2D eigenvalue weighted by Gasteiger charge is 2.30. The van der Waals surface area contributed by atoms with E-state index >= 15 is 0 Å². The number of aromatic nitrogens is 4. The SMILES string of the molecule is CC(C)OC(=O)N1CCC[C@@H](Nc2ncc3nc(Nc4c(Cl)cc(F)cc4Cl)n([C@H]4CC[C@@H](C(N)=O)CC4)c3n2)C1. The van der Waals surface area contributed by atoms with Crippen LogP contribution >= 0.6 is 23.2 Å². The lowest BCUT2D eigenvalue weighted by Gasteiger charge is -2.33. The number of rotatable bonds is 7. The molecule has 2 aliphatic rings. The first-order valence-corrected chi connectivity index (χ1v) is 14.5. The van der Waals surface area contributed by atoms with Gasteiger partial charge in [-0.15, -0.1) is 0 Å². The molecule has 4 N–H and O–H groups in total. The minimum absolute atomic E-state index is 0.0465. The molecule has 220 valence electrons. The van der Waals surface area contributed by atoms with E-state index in [1.54, 1.807) is 11.1 Å². The number of imidazole rings is 1. The van der Waals surface area contributed by atoms with Crippen molar-refractivity contribution in [1.82, 2.24) is 24.4 Å². The van der Waals surface area contributed by atoms with E-state index in [2.05, 4.69) is 15.6 Å². The fourth-order valence-corrected chi connectivity index (χ4v) is 6.06. The summed E-state index contributed by atoms with van der Waals surface area (Å²) in [7, 11) is 0. The second kappa shape index (κ2) is 12.2. The first-order valence-electron chi connectivity index (χ1n) is 13.8. The number of hydrogen-bond acceptors (Lipinski definition) is 8. The Hall–Kier alpha value is -3.38. The molecular weight excluding hydrogens is 574 g/mol. The minimum Gasteiger partial charge on any atom is -0.447 e. The number of nitrogens with zero attached hydrogens (tertiary/aromatic N) is 5. The molecular formula is C27H33Cl2FN8O3. The third kappa shape index (κ3) is 6.59. The Morgan fingerprint density at radius 1 is 1.12 bits per heavy atom. The zero-order valence-electron chi connectivity index (χ0n) is 22.9. The summed E-state index contributed by atoms with van der Waals surface area (Å²) in [4.78, 5) is 40.0. The van der Waals surface area contributed by atoms with Crippen molar-refractivity contribution in [1.29, 1.82) is 0 Å². The summed E-state index contributed by atoms with van der Waals surface area (Å²) in [5.74, 6) is -0.205. The van der Waals surface area contributed by atoms with Gasteiger partial charge in [-0.3, -0.25) is 9.36 Å². The average molecular weight is 608 g/mol. The first-order chi connectivity index (χ1) is 19.6. The van der Waals surface area contributed by atoms with Gasteiger partial charge in [-0.2, -0.15) is 4.98 Å². The molecule has 41 heavy (non-hydrogen) atoms. The minimum atomic E-state index is -0.552. The van der Waals surface area contributed by atoms with Crippen LogP contribution in [0, 0.1) is 11.7 Å². The van der Waals surface area contributed by atoms with Gasteiger partial charge in [-0.25, -0.2) is 19.2 Å². The zero-order valence-corrected chi connectivity index (χ0v) is 24.4. The molecule has 3 aromatic rings. The Morgan fingerprint density at radius 2 is 1.83 bits per heavy atom. The maximum Gasteiger partial charge on any atom is 0.410 e. The molecule has 1 saturated carbocycles. The van der Waals surface area contributed by atoms with Crippen molar-refractivity contribution in [3.05, 3.63) is 34.2 Å². The van der Waals surface area contributed by atoms with Crippen molar-refractivity contribution in [2.75, 3.05) is 23.7 Å². The van der Waals surface area contributed by atoms with E-state index in [1.165, 1.54) is 12.1 Å². The number of carbonyl (C=O) groups is 2. The summed E-state index contributed by atoms with van der Waals surface area (Å²) >= 11 is 12.6. The van der Waals surface area contributed by atoms with E-state index in [0.717, 1.165) is 12.8 Å². The van der Waals surface area contributed by atoms with Crippen molar-refractivity contribution in [3.63, 3.8) is 0 Å². The van der Waals surface area contributed by atoms with Gasteiger partial charge in [0.1, 0.15) is 11.3 Å². The van der Waals surface area contributed by atoms with Gasteiger partial charge in [0, 0.05) is 31.1 Å². The van der Waals surface area contributed by atoms with Gasteiger partial charge in [0.2, 0.25) is 17.8 Å². The predicted molar refractivity (Wildman–Crippen MR) is 155 cm³/mol. The Kier molecular flexibility index (Phi) is 8.69. The van der Waals surface area contributed by atoms with Gasteiger partial charge < -0.3 is 26.0 Å². The highest BCUT2D eigenvalue weighted by atomic mass is 35.5. The molecule has 3 heterocycles. The number of primary amides is 1. The molecule has 14 heteroatoms. The van der Waals surface area contributed by atoms with Gasteiger partial charge in [-0.1, -0.05) is 23.2 Å². The average Bonchev–Trinajstić information content (AvgIpc) is 3.27. The number of fused-ring (bicyclic) bond motifs is 1. The van der Waals surface area contributed by atoms with Crippen LogP contribution in [0.15, 0.2) is 18.3 Å². The largest absolute Gasteiger partial charge is 0.447 e. The molecule has 5 rings (SSSR count). The number of hydrogen-bond donors (Lipinski definition) is 3. The quantitative estimate of drug-likeness (QED) is 0.313. The van der Waals surface area contributed by atoms with Gasteiger partial charge in [0.15, 0.2) is 5.65 Å². The Morgan fingerprint density at radius 3 is 2.49 bits per heavy atom. The van der Waals surface area contributed by atoms with Crippen molar-refractivity contribution in [2.45, 2.75) is 70.6 Å². The van der Waals surface area contributed by atoms with Crippen LogP contribution in [0.5, 0.6) is 0 Å². The molecule has 1 aliphatic heterocycles. The summed E-state index contributed by atoms with van der Waals surface area (Å²) in [6.45, 7) is 4.75. The van der Waals surface area contributed by atoms with E-state index < -0.39 is 5.82 Å². The number of likely N-dealkylation sites (tertiary alicyclic amines) is 1. The van der Waals surface area contributed by atoms with Gasteiger partial charge >= 0.3 is 6.09 Å². The second-order valence-corrected chi connectivity index (χ2v) is 11.7. The number of carbonyl (C=O) groups excluding carboxylic acids is 2. The second-order valence-electron chi connectivity index (χ2n) is 10.8. The van der Waals surface area contributed by atoms with Gasteiger partial charge in [0.25, 0.3) is 0 Å². The highest BCUT2D eigenvalue weighted by molar-refractivity contribution is 6.39. The highest BCUT2D eigenvalue weighted by Crippen LogP contribution is 2.39. The normalized spacial score (nSPS) is 21.2. The lowest BCUT2D eigenvalue weighted by atomic mass is 9.85. The smallest absolute Gasteiger partial charge is 0.410 e. The summed E-state index contributed by atoms with van der Waals surface area (Å²) < 4.78 is 21.2. The number of ether oxygens (including phenoxy) is 1. The van der Waals surface area contributed by atoms with Crippen molar-refractivity contribution in [3.8, 4) is 0 Å². The van der Waals surface area contributed by atoms with Crippen molar-refractivity contribution >= 4 is 64.0 Å². The molecule has 2 fully saturated rings. The summed E-state index contributed by atoms with van der Waals surface area (Å²) in [6.07, 6.45) is 5.41. The fourth-order valence-electron chi connectivity index (χ4n) is 5.51. The number of anilines is 3. The van der Waals surface area contributed by atoms with E-state index in [1.807, 2.05) is 18.4 Å². The third-order valence-corrected chi connectivity index (χ3v) is 8.09. The van der Waals surface area contributed by atoms with Crippen LogP contribution in [0.2, 0.25) is 10.0 Å². The lowest BCUT2D eigenvalue weighted by Crippen LogP contribution is -2.46. The van der Waals surface area contributed by atoms with E-state index in [-0.39, 0.29) is 46.2 Å². The van der Waals surface area contributed by atoms with Crippen LogP contribution in [0.3, 0.4) is 0 Å². The fraction of sp³-hybridized carbons (Fsp3) is 0.519. The number of benzene rings is 1. The standard InChI is InChI=1S/C27H33Cl2FN8O3/c1-14(2)41-27(40)37-9-3-4-17(13-37)33-25-32-12-21-24(36-25)38(18-7-5-15(6-8-18)23(31)39)26(34-21)35-22-19(28)10-16(30)11-20(22)29/h10-12,14-15,17-18H,3-9,13H2,1-2H3,(H2,31,39)(H,34,35)(H,32,33,36)/t15-,17-,18+/m1/s1. The number of piperidine rings is 1. The maximum absolute atomic E-state index is 13.8. The molecule has 0 spiro atoms. The molecule has 0 radical (unpaired) electrons. The number of halogens is 3. The molecule has 2 amide bonds. The van der Waals surface area contributed by atoms with Crippen LogP contribution in [-0.4, -0.2) is 61.7 Å². The van der Waals surface area contributed by atoms with Crippen LogP contribution in [-0.2, 0) is 9.53 Å². The van der Waals surface area contributed by atoms with E-state index in [9.17, 15) is 14.0 Å². The molecule has 11 nitrogen and oxygen atoms in total. The third-order valence-electron chi connectivity index (χ3n) is 7.49. The lowest BCUT2D eigenvalue weighted by molar-refractivity contribution is -0.122. The molecule has 1 saturated heterocycles. The zero-order chi connectivity index (χ0) is 29.3. The van der Waals surface area contributed by atoms with Gasteiger partial charge in [0.05, 0.1) is 28.0 Å². The molecule has 1 aliphatic carbocycles. The van der Waals surface area contributed by atoms with Crippen LogP contribution < -0.4 is 16.4 Å². The molecule has 1 aromatic carbocycles. The molecule has 2 aromatic heterocycles. The maximum atomic E-state index is 13.8. The van der Waals surface area contributed by atoms with E-state index in [4.69, 9.17) is 43.6 Å². The number of amides is 2. The monoisotopic (exact) mass is 606 g/mol. The Bertz CT molecular complexity index is 1420. The van der Waals surface area contributed by atoms with Crippen LogP contribution in [0.1, 0.15) is 58.4 Å². The summed E-state index contributed by atoms with van der Waals surface area (Å²) in [5, 5.41) is 6.76. The molecule has 0 unspecified atom stereocenters. The first kappa shape index (κ1) is 29.1. The number of nitrogens with one attached hydrogen (secondary N) is 2. The van der Waals surface area contributed by atoms with E-state index in [0.29, 0.717) is 67.5 Å². The summed E-state index contributed by atoms with van der Waals surface area (Å²) in [5.41, 5.74) is 7.00. The predicted octanol–water partition coefficient (Wildman–Crippen LogP) is 5.65. The van der Waals surface area contributed by atoms with Gasteiger partial charge in [-0.05, 0) is 64.5 Å². The summed E-state index contributed by atoms with van der Waals surface area (Å²) in [6, 6.07) is 2.24. The van der Waals surface area contributed by atoms with Crippen LogP contribution in [0.4, 0.5) is 26.8 Å². The van der Waals surface area contributed by atoms with Crippen molar-refractivity contribution < 1.29 is 18.7 Å². The molecule has 0 bridgehead atoms. The Balaban J connectivity index is 1.45. The van der Waals surface area contributed by atoms with Crippen LogP contribution in [0.25, 0.3) is 11.2 Å². The topological polar surface area (TPSA) is 140 Å². The Labute approximate surface area is 246 Å². The number of nitrogens with two attached hydrogens (primary N) is 1. The van der Waals surface area contributed by atoms with Crippen molar-refractivity contribution in [2.24, 2.45) is 11.7 Å². The molecule has 1 atom stereocenters.